The number of nitriles is 1. The molecule has 0 aliphatic heterocycles. The van der Waals surface area contributed by atoms with Crippen LogP contribution in [0.1, 0.15) is 11.3 Å². The predicted molar refractivity (Wildman–Crippen MR) is 109 cm³/mol. The van der Waals surface area contributed by atoms with E-state index >= 15 is 0 Å². The molecule has 0 fully saturated rings. The average molecular weight is 357 g/mol. The minimum atomic E-state index is 0.0637. The van der Waals surface area contributed by atoms with Crippen LogP contribution in [0.25, 0.3) is 16.5 Å². The zero-order valence-electron chi connectivity index (χ0n) is 14.6. The molecule has 27 heavy (non-hydrogen) atoms. The van der Waals surface area contributed by atoms with Gasteiger partial charge in [-0.3, -0.25) is 9.98 Å². The van der Waals surface area contributed by atoms with Gasteiger partial charge >= 0.3 is 0 Å². The Kier molecular flexibility index (Phi) is 5.60. The minimum Gasteiger partial charge on any atom is -0.404 e. The molecule has 0 spiro atoms. The number of hydrogen-bond donors (Lipinski definition) is 3. The Morgan fingerprint density at radius 1 is 1.26 bits per heavy atom. The summed E-state index contributed by atoms with van der Waals surface area (Å²) in [7, 11) is 0. The topological polar surface area (TPSA) is 126 Å². The van der Waals surface area contributed by atoms with Gasteiger partial charge in [-0.25, -0.2) is 4.98 Å². The number of aliphatic imine (C=N–C) groups is 1. The van der Waals surface area contributed by atoms with Crippen molar-refractivity contribution < 1.29 is 0 Å². The van der Waals surface area contributed by atoms with Crippen molar-refractivity contribution in [2.24, 2.45) is 10.7 Å². The maximum absolute atomic E-state index is 8.59. The number of rotatable bonds is 6. The van der Waals surface area contributed by atoms with E-state index in [4.69, 9.17) is 16.7 Å². The number of hydrogen-bond acceptors (Lipinski definition) is 7. The van der Waals surface area contributed by atoms with Crippen LogP contribution in [0.4, 0.5) is 11.5 Å². The SMILES string of the molecule is N#CCN=CC(=CN)c1ccc(N)c(NCc2ccc3ncccc3c2)n1. The molecule has 7 heteroatoms. The molecule has 0 radical (unpaired) electrons. The van der Waals surface area contributed by atoms with Crippen LogP contribution in [0, 0.1) is 11.3 Å². The summed E-state index contributed by atoms with van der Waals surface area (Å²) in [5.41, 5.74) is 15.5. The molecule has 2 aromatic heterocycles. The first-order chi connectivity index (χ1) is 13.2. The van der Waals surface area contributed by atoms with Gasteiger partial charge in [0, 0.05) is 36.1 Å². The first-order valence-corrected chi connectivity index (χ1v) is 8.34. The highest BCUT2D eigenvalue weighted by Gasteiger charge is 2.06. The van der Waals surface area contributed by atoms with Gasteiger partial charge in [0.2, 0.25) is 0 Å². The molecule has 1 aromatic carbocycles. The number of aromatic nitrogens is 2. The van der Waals surface area contributed by atoms with Gasteiger partial charge in [0.25, 0.3) is 0 Å². The lowest BCUT2D eigenvalue weighted by Gasteiger charge is -2.11. The fourth-order valence-electron chi connectivity index (χ4n) is 2.57. The fourth-order valence-corrected chi connectivity index (χ4v) is 2.57. The average Bonchev–Trinajstić information content (AvgIpc) is 2.71. The Labute approximate surface area is 157 Å². The number of nitrogens with one attached hydrogen (secondary N) is 1. The lowest BCUT2D eigenvalue weighted by molar-refractivity contribution is 1.11. The van der Waals surface area contributed by atoms with Crippen LogP contribution >= 0.6 is 0 Å². The van der Waals surface area contributed by atoms with Crippen molar-refractivity contribution in [3.63, 3.8) is 0 Å². The summed E-state index contributed by atoms with van der Waals surface area (Å²) in [6, 6.07) is 15.5. The second-order valence-corrected chi connectivity index (χ2v) is 5.77. The van der Waals surface area contributed by atoms with Crippen LogP contribution in [0.2, 0.25) is 0 Å². The van der Waals surface area contributed by atoms with Gasteiger partial charge in [-0.2, -0.15) is 5.26 Å². The van der Waals surface area contributed by atoms with E-state index in [0.717, 1.165) is 16.5 Å². The van der Waals surface area contributed by atoms with E-state index in [1.54, 1.807) is 18.3 Å². The Morgan fingerprint density at radius 3 is 2.96 bits per heavy atom. The highest BCUT2D eigenvalue weighted by molar-refractivity contribution is 6.09. The fraction of sp³-hybridized carbons (Fsp3) is 0.100. The number of anilines is 2. The zero-order valence-corrected chi connectivity index (χ0v) is 14.6. The number of nitrogens with zero attached hydrogens (tertiary/aromatic N) is 4. The van der Waals surface area contributed by atoms with Gasteiger partial charge in [-0.1, -0.05) is 12.1 Å². The summed E-state index contributed by atoms with van der Waals surface area (Å²) in [4.78, 5) is 12.8. The van der Waals surface area contributed by atoms with Gasteiger partial charge in [0.1, 0.15) is 12.4 Å². The lowest BCUT2D eigenvalue weighted by Crippen LogP contribution is -2.07. The molecule has 0 aliphatic rings. The van der Waals surface area contributed by atoms with E-state index in [9.17, 15) is 0 Å². The third kappa shape index (κ3) is 4.38. The zero-order chi connectivity index (χ0) is 19.1. The number of pyridine rings is 2. The van der Waals surface area contributed by atoms with Crippen molar-refractivity contribution in [2.75, 3.05) is 17.6 Å². The summed E-state index contributed by atoms with van der Waals surface area (Å²) in [5.74, 6) is 0.562. The molecule has 0 saturated heterocycles. The maximum Gasteiger partial charge on any atom is 0.150 e. The van der Waals surface area contributed by atoms with Gasteiger partial charge in [-0.15, -0.1) is 0 Å². The number of nitrogen functional groups attached to an aromatic ring is 1. The predicted octanol–water partition coefficient (Wildman–Crippen LogP) is 2.72. The molecule has 5 N–H and O–H groups in total. The van der Waals surface area contributed by atoms with Crippen LogP contribution in [0.15, 0.2) is 59.9 Å². The molecule has 3 aromatic rings. The highest BCUT2D eigenvalue weighted by Crippen LogP contribution is 2.21. The molecule has 7 nitrogen and oxygen atoms in total. The molecule has 2 heterocycles. The first kappa shape index (κ1) is 17.9. The minimum absolute atomic E-state index is 0.0637. The molecule has 0 amide bonds. The van der Waals surface area contributed by atoms with Crippen molar-refractivity contribution in [3.05, 3.63) is 66.1 Å². The molecular formula is C20H19N7. The van der Waals surface area contributed by atoms with Gasteiger partial charge in [-0.05, 0) is 35.9 Å². The summed E-state index contributed by atoms with van der Waals surface area (Å²) < 4.78 is 0. The Balaban J connectivity index is 1.78. The molecule has 0 aliphatic carbocycles. The van der Waals surface area contributed by atoms with Crippen LogP contribution in [-0.2, 0) is 6.54 Å². The molecule has 0 bridgehead atoms. The van der Waals surface area contributed by atoms with Crippen LogP contribution in [-0.4, -0.2) is 22.7 Å². The summed E-state index contributed by atoms with van der Waals surface area (Å²) >= 11 is 0. The van der Waals surface area contributed by atoms with Gasteiger partial charge in [0.05, 0.1) is 23.0 Å². The quantitative estimate of drug-likeness (QED) is 0.460. The van der Waals surface area contributed by atoms with Crippen LogP contribution in [0.5, 0.6) is 0 Å². The van der Waals surface area contributed by atoms with E-state index in [0.29, 0.717) is 29.3 Å². The number of nitrogens with two attached hydrogens (primary N) is 2. The van der Waals surface area contributed by atoms with E-state index in [2.05, 4.69) is 26.3 Å². The maximum atomic E-state index is 8.59. The van der Waals surface area contributed by atoms with Crippen molar-refractivity contribution in [2.45, 2.75) is 6.54 Å². The van der Waals surface area contributed by atoms with Gasteiger partial charge < -0.3 is 16.8 Å². The third-order valence-electron chi connectivity index (χ3n) is 3.92. The van der Waals surface area contributed by atoms with E-state index in [1.165, 1.54) is 12.4 Å². The normalized spacial score (nSPS) is 11.6. The van der Waals surface area contributed by atoms with Crippen molar-refractivity contribution in [1.29, 1.82) is 5.26 Å². The summed E-state index contributed by atoms with van der Waals surface area (Å²) in [6.45, 7) is 0.629. The van der Waals surface area contributed by atoms with Crippen LogP contribution < -0.4 is 16.8 Å². The van der Waals surface area contributed by atoms with Crippen molar-refractivity contribution >= 4 is 34.2 Å². The molecule has 3 rings (SSSR count). The molecule has 0 atom stereocenters. The highest BCUT2D eigenvalue weighted by atomic mass is 15.0. The molecule has 0 unspecified atom stereocenters. The summed E-state index contributed by atoms with van der Waals surface area (Å²) in [6.07, 6.45) is 4.71. The van der Waals surface area contributed by atoms with E-state index in [1.807, 2.05) is 30.3 Å². The smallest absolute Gasteiger partial charge is 0.150 e. The standard InChI is InChI=1S/C20H19N7/c21-7-9-24-13-16(11-22)19-6-4-17(23)20(27-19)26-12-14-3-5-18-15(10-14)2-1-8-25-18/h1-6,8,10-11,13H,9,12,22-23H2,(H,26,27). The monoisotopic (exact) mass is 357 g/mol. The number of benzene rings is 1. The Morgan fingerprint density at radius 2 is 2.15 bits per heavy atom. The molecule has 0 saturated carbocycles. The third-order valence-corrected chi connectivity index (χ3v) is 3.92. The number of allylic oxidation sites excluding steroid dienone is 1. The molecule has 134 valence electrons. The van der Waals surface area contributed by atoms with E-state index in [-0.39, 0.29) is 6.54 Å². The number of fused-ring (bicyclic) bond motifs is 1. The lowest BCUT2D eigenvalue weighted by atomic mass is 10.1. The first-order valence-electron chi connectivity index (χ1n) is 8.34. The molecular weight excluding hydrogens is 338 g/mol. The second-order valence-electron chi connectivity index (χ2n) is 5.77. The Bertz CT molecular complexity index is 1050. The van der Waals surface area contributed by atoms with E-state index < -0.39 is 0 Å². The van der Waals surface area contributed by atoms with Crippen LogP contribution in [0.3, 0.4) is 0 Å². The van der Waals surface area contributed by atoms with Gasteiger partial charge in [0.15, 0.2) is 0 Å². The second kappa shape index (κ2) is 8.45. The largest absolute Gasteiger partial charge is 0.404 e. The summed E-state index contributed by atoms with van der Waals surface area (Å²) in [5, 5.41) is 12.9. The van der Waals surface area contributed by atoms with Crippen molar-refractivity contribution in [3.8, 4) is 6.07 Å². The Hall–Kier alpha value is -3.92. The van der Waals surface area contributed by atoms with Crippen molar-refractivity contribution in [1.82, 2.24) is 9.97 Å².